The molecule has 0 radical (unpaired) electrons. The van der Waals surface area contributed by atoms with E-state index in [1.807, 2.05) is 0 Å². The maximum Gasteiger partial charge on any atom is 0.425 e. The van der Waals surface area contributed by atoms with Crippen LogP contribution in [0.15, 0.2) is 65.9 Å². The summed E-state index contributed by atoms with van der Waals surface area (Å²) in [7, 11) is 1.35. The van der Waals surface area contributed by atoms with Gasteiger partial charge in [0.2, 0.25) is 5.88 Å². The molecule has 204 valence electrons. The number of hydrogen-bond acceptors (Lipinski definition) is 7. The molecule has 14 heteroatoms. The van der Waals surface area contributed by atoms with Gasteiger partial charge in [0.25, 0.3) is 17.8 Å². The van der Waals surface area contributed by atoms with Crippen LogP contribution >= 0.6 is 0 Å². The summed E-state index contributed by atoms with van der Waals surface area (Å²) >= 11 is 0. The van der Waals surface area contributed by atoms with Gasteiger partial charge in [-0.2, -0.15) is 13.2 Å². The molecule has 2 amide bonds. The molecule has 1 aliphatic heterocycles. The molecule has 2 heterocycles. The van der Waals surface area contributed by atoms with E-state index in [2.05, 4.69) is 25.6 Å². The number of rotatable bonds is 6. The number of nitrogens with one attached hydrogen (secondary N) is 2. The monoisotopic (exact) mass is 549 g/mol. The first-order valence-corrected chi connectivity index (χ1v) is 11.3. The van der Waals surface area contributed by atoms with E-state index in [4.69, 9.17) is 9.47 Å². The normalized spacial score (nSPS) is 18.9. The first-order valence-electron chi connectivity index (χ1n) is 11.3. The maximum atomic E-state index is 15.0. The lowest BCUT2D eigenvalue weighted by molar-refractivity contribution is -0.209. The maximum absolute atomic E-state index is 15.0. The van der Waals surface area contributed by atoms with Crippen molar-refractivity contribution in [3.05, 3.63) is 83.6 Å². The van der Waals surface area contributed by atoms with E-state index >= 15 is 4.39 Å². The second-order valence-electron chi connectivity index (χ2n) is 8.35. The molecule has 0 bridgehead atoms. The van der Waals surface area contributed by atoms with Gasteiger partial charge in [-0.25, -0.2) is 23.7 Å². The number of anilines is 1. The number of methoxy groups -OCH3 is 1. The number of hydrogen-bond donors (Lipinski definition) is 2. The molecule has 0 fully saturated rings. The minimum Gasteiger partial charge on any atom is -0.480 e. The van der Waals surface area contributed by atoms with Crippen LogP contribution < -0.4 is 15.4 Å². The Kier molecular flexibility index (Phi) is 7.74. The van der Waals surface area contributed by atoms with Gasteiger partial charge in [0, 0.05) is 23.2 Å². The molecule has 4 rings (SSSR count). The highest BCUT2D eigenvalue weighted by Crippen LogP contribution is 2.42. The number of benzene rings is 2. The number of aromatic nitrogens is 2. The van der Waals surface area contributed by atoms with Gasteiger partial charge in [-0.05, 0) is 30.3 Å². The number of nitrogens with zero attached hydrogens (tertiary/aromatic N) is 3. The van der Waals surface area contributed by atoms with Crippen LogP contribution in [0.1, 0.15) is 32.8 Å². The molecular weight excluding hydrogens is 529 g/mol. The minimum absolute atomic E-state index is 0.0707. The van der Waals surface area contributed by atoms with E-state index in [0.29, 0.717) is 0 Å². The lowest BCUT2D eigenvalue weighted by Crippen LogP contribution is -2.50. The summed E-state index contributed by atoms with van der Waals surface area (Å²) in [6.45, 7) is -1.58. The zero-order valence-corrected chi connectivity index (χ0v) is 20.1. The molecule has 2 aromatic carbocycles. The van der Waals surface area contributed by atoms with Gasteiger partial charge < -0.3 is 14.8 Å². The molecule has 0 saturated heterocycles. The van der Waals surface area contributed by atoms with Crippen molar-refractivity contribution in [1.29, 1.82) is 0 Å². The number of alkyl halides is 4. The predicted octanol–water partition coefficient (Wildman–Crippen LogP) is 4.18. The van der Waals surface area contributed by atoms with Crippen LogP contribution in [0.5, 0.6) is 5.88 Å². The fraction of sp³-hybridized carbons (Fsp3) is 0.240. The van der Waals surface area contributed by atoms with Gasteiger partial charge in [-0.15, -0.1) is 0 Å². The number of carbonyl (C=O) groups excluding carboxylic acids is 2. The zero-order chi connectivity index (χ0) is 28.2. The molecule has 0 saturated carbocycles. The smallest absolute Gasteiger partial charge is 0.425 e. The summed E-state index contributed by atoms with van der Waals surface area (Å²) in [6.07, 6.45) is -6.46. The quantitative estimate of drug-likeness (QED) is 0.446. The first kappa shape index (κ1) is 27.4. The standard InChI is InChI=1S/C25H20F5N5O4/c1-38-20-12-31-18(11-32-20)22(37)33-15-7-8-17(27)16(9-15)24(13-26)10-19(25(28,29)30)39-23(35-24)34-21(36)14-5-3-2-4-6-14/h2-9,11-12,19H,10,13H2,1H3,(H,33,37)(H,34,35,36). The van der Waals surface area contributed by atoms with Crippen LogP contribution in [-0.2, 0) is 10.3 Å². The van der Waals surface area contributed by atoms with Crippen molar-refractivity contribution in [2.75, 3.05) is 19.1 Å². The van der Waals surface area contributed by atoms with Crippen LogP contribution in [0.2, 0.25) is 0 Å². The second kappa shape index (κ2) is 11.0. The molecule has 0 aliphatic carbocycles. The molecule has 1 aliphatic rings. The molecule has 1 aromatic heterocycles. The van der Waals surface area contributed by atoms with Gasteiger partial charge in [0.05, 0.1) is 19.5 Å². The van der Waals surface area contributed by atoms with E-state index in [1.54, 1.807) is 6.07 Å². The Bertz CT molecular complexity index is 1390. The first-order chi connectivity index (χ1) is 18.5. The van der Waals surface area contributed by atoms with Crippen molar-refractivity contribution in [3.63, 3.8) is 0 Å². The molecular formula is C25H20F5N5O4. The lowest BCUT2D eigenvalue weighted by atomic mass is 9.84. The summed E-state index contributed by atoms with van der Waals surface area (Å²) in [5.41, 5.74) is -3.19. The van der Waals surface area contributed by atoms with E-state index in [-0.39, 0.29) is 22.8 Å². The fourth-order valence-electron chi connectivity index (χ4n) is 3.77. The Morgan fingerprint density at radius 2 is 1.82 bits per heavy atom. The number of amides is 2. The molecule has 2 atom stereocenters. The molecule has 39 heavy (non-hydrogen) atoms. The SMILES string of the molecule is COc1cnc(C(=O)Nc2ccc(F)c(C3(CF)CC(C(F)(F)F)OC(NC(=O)c4ccccc4)=N3)c2)cn1. The van der Waals surface area contributed by atoms with Crippen molar-refractivity contribution in [2.24, 2.45) is 4.99 Å². The fourth-order valence-corrected chi connectivity index (χ4v) is 3.77. The summed E-state index contributed by atoms with van der Waals surface area (Å²) in [6, 6.07) is 9.45. The van der Waals surface area contributed by atoms with E-state index in [9.17, 15) is 27.2 Å². The van der Waals surface area contributed by atoms with Crippen molar-refractivity contribution in [2.45, 2.75) is 24.2 Å². The number of ether oxygens (including phenoxy) is 2. The third kappa shape index (κ3) is 6.10. The lowest BCUT2D eigenvalue weighted by Gasteiger charge is -2.37. The molecule has 2 N–H and O–H groups in total. The molecule has 3 aromatic rings. The molecule has 2 unspecified atom stereocenters. The van der Waals surface area contributed by atoms with Gasteiger partial charge in [-0.1, -0.05) is 18.2 Å². The van der Waals surface area contributed by atoms with Gasteiger partial charge in [0.15, 0.2) is 6.10 Å². The predicted molar refractivity (Wildman–Crippen MR) is 127 cm³/mol. The topological polar surface area (TPSA) is 115 Å². The Balaban J connectivity index is 1.69. The second-order valence-corrected chi connectivity index (χ2v) is 8.35. The van der Waals surface area contributed by atoms with E-state index < -0.39 is 60.1 Å². The van der Waals surface area contributed by atoms with Gasteiger partial charge in [0.1, 0.15) is 23.7 Å². The van der Waals surface area contributed by atoms with E-state index in [1.165, 1.54) is 37.6 Å². The Labute approximate surface area is 218 Å². The highest BCUT2D eigenvalue weighted by atomic mass is 19.4. The minimum atomic E-state index is -5.01. The Morgan fingerprint density at radius 1 is 1.08 bits per heavy atom. The third-order valence-corrected chi connectivity index (χ3v) is 5.73. The largest absolute Gasteiger partial charge is 0.480 e. The van der Waals surface area contributed by atoms with Crippen LogP contribution in [0.3, 0.4) is 0 Å². The summed E-state index contributed by atoms with van der Waals surface area (Å²) in [5.74, 6) is -2.59. The highest BCUT2D eigenvalue weighted by molar-refractivity contribution is 6.04. The number of amidine groups is 1. The van der Waals surface area contributed by atoms with Crippen molar-refractivity contribution < 1.29 is 41.0 Å². The molecule has 0 spiro atoms. The van der Waals surface area contributed by atoms with Crippen LogP contribution in [0.4, 0.5) is 27.6 Å². The highest BCUT2D eigenvalue weighted by Gasteiger charge is 2.52. The van der Waals surface area contributed by atoms with Crippen LogP contribution in [-0.4, -0.2) is 53.9 Å². The van der Waals surface area contributed by atoms with Gasteiger partial charge in [-0.3, -0.25) is 14.9 Å². The number of halogens is 5. The van der Waals surface area contributed by atoms with Crippen molar-refractivity contribution >= 4 is 23.5 Å². The Morgan fingerprint density at radius 3 is 2.44 bits per heavy atom. The zero-order valence-electron chi connectivity index (χ0n) is 20.1. The number of carbonyl (C=O) groups is 2. The number of aliphatic imine (C=N–C) groups is 1. The van der Waals surface area contributed by atoms with E-state index in [0.717, 1.165) is 24.4 Å². The summed E-state index contributed by atoms with van der Waals surface area (Å²) < 4.78 is 80.6. The third-order valence-electron chi connectivity index (χ3n) is 5.73. The average Bonchev–Trinajstić information content (AvgIpc) is 2.93. The van der Waals surface area contributed by atoms with Crippen LogP contribution in [0, 0.1) is 5.82 Å². The molecule has 9 nitrogen and oxygen atoms in total. The van der Waals surface area contributed by atoms with Crippen LogP contribution in [0.25, 0.3) is 0 Å². The van der Waals surface area contributed by atoms with Crippen molar-refractivity contribution in [1.82, 2.24) is 15.3 Å². The Hall–Kier alpha value is -4.62. The average molecular weight is 549 g/mol. The van der Waals surface area contributed by atoms with Gasteiger partial charge >= 0.3 is 6.18 Å². The summed E-state index contributed by atoms with van der Waals surface area (Å²) in [5, 5.41) is 4.50. The van der Waals surface area contributed by atoms with Crippen molar-refractivity contribution in [3.8, 4) is 5.88 Å². The summed E-state index contributed by atoms with van der Waals surface area (Å²) in [4.78, 5) is 36.7.